The number of carbonyl (C=O) groups is 1. The lowest BCUT2D eigenvalue weighted by atomic mass is 9.94. The van der Waals surface area contributed by atoms with Crippen LogP contribution in [-0.4, -0.2) is 27.7 Å². The fourth-order valence-corrected chi connectivity index (χ4v) is 2.55. The van der Waals surface area contributed by atoms with Gasteiger partial charge in [0.05, 0.1) is 18.3 Å². The van der Waals surface area contributed by atoms with Gasteiger partial charge in [0.15, 0.2) is 5.76 Å². The number of fused-ring (bicyclic) bond motifs is 1. The summed E-state index contributed by atoms with van der Waals surface area (Å²) >= 11 is 0. The fraction of sp³-hybridized carbons (Fsp3) is 0.286. The van der Waals surface area contributed by atoms with Gasteiger partial charge in [-0.3, -0.25) is 4.90 Å². The van der Waals surface area contributed by atoms with Crippen LogP contribution in [0.15, 0.2) is 35.0 Å². The number of aromatic carboxylic acids is 1. The van der Waals surface area contributed by atoms with Gasteiger partial charge in [0, 0.05) is 19.2 Å². The second kappa shape index (κ2) is 4.85. The summed E-state index contributed by atoms with van der Waals surface area (Å²) in [6, 6.07) is 7.32. The highest BCUT2D eigenvalue weighted by atomic mass is 16.5. The monoisotopic (exact) mass is 258 g/mol. The van der Waals surface area contributed by atoms with Gasteiger partial charge < -0.3 is 9.63 Å². The van der Waals surface area contributed by atoms with Crippen LogP contribution in [0.5, 0.6) is 0 Å². The minimum absolute atomic E-state index is 0.428. The third-order valence-corrected chi connectivity index (χ3v) is 3.45. The first-order valence-corrected chi connectivity index (χ1v) is 6.20. The molecule has 0 spiro atoms. The molecule has 1 aliphatic rings. The van der Waals surface area contributed by atoms with E-state index in [1.54, 1.807) is 18.3 Å². The van der Waals surface area contributed by atoms with Crippen LogP contribution in [0.4, 0.5) is 0 Å². The number of benzene rings is 1. The number of carboxylic acids is 1. The first-order chi connectivity index (χ1) is 9.24. The Morgan fingerprint density at radius 1 is 1.42 bits per heavy atom. The van der Waals surface area contributed by atoms with Crippen molar-refractivity contribution in [1.82, 2.24) is 10.1 Å². The molecule has 0 fully saturated rings. The Labute approximate surface area is 110 Å². The highest BCUT2D eigenvalue weighted by Gasteiger charge is 2.21. The van der Waals surface area contributed by atoms with Gasteiger partial charge in [-0.25, -0.2) is 4.79 Å². The molecule has 0 radical (unpaired) electrons. The van der Waals surface area contributed by atoms with Crippen molar-refractivity contribution in [3.05, 3.63) is 52.9 Å². The molecule has 0 bridgehead atoms. The minimum Gasteiger partial charge on any atom is -0.478 e. The Kier molecular flexibility index (Phi) is 3.05. The first kappa shape index (κ1) is 11.9. The number of hydrogen-bond acceptors (Lipinski definition) is 4. The maximum Gasteiger partial charge on any atom is 0.335 e. The van der Waals surface area contributed by atoms with Crippen molar-refractivity contribution in [2.75, 3.05) is 6.54 Å². The molecule has 2 aromatic rings. The van der Waals surface area contributed by atoms with Crippen LogP contribution >= 0.6 is 0 Å². The summed E-state index contributed by atoms with van der Waals surface area (Å²) in [6.45, 7) is 2.28. The van der Waals surface area contributed by atoms with Crippen molar-refractivity contribution < 1.29 is 14.4 Å². The molecule has 19 heavy (non-hydrogen) atoms. The Hall–Kier alpha value is -2.14. The van der Waals surface area contributed by atoms with Crippen molar-refractivity contribution in [3.8, 4) is 0 Å². The third kappa shape index (κ3) is 2.37. The third-order valence-electron chi connectivity index (χ3n) is 3.45. The van der Waals surface area contributed by atoms with Crippen molar-refractivity contribution >= 4 is 5.97 Å². The van der Waals surface area contributed by atoms with E-state index in [1.165, 1.54) is 0 Å². The van der Waals surface area contributed by atoms with E-state index in [9.17, 15) is 9.90 Å². The molecular weight excluding hydrogens is 244 g/mol. The molecule has 3 rings (SSSR count). The Morgan fingerprint density at radius 3 is 3.05 bits per heavy atom. The molecule has 1 aliphatic heterocycles. The summed E-state index contributed by atoms with van der Waals surface area (Å²) in [6.07, 6.45) is 2.39. The molecule has 1 aromatic heterocycles. The van der Waals surface area contributed by atoms with E-state index in [2.05, 4.69) is 10.1 Å². The van der Waals surface area contributed by atoms with Gasteiger partial charge in [0.25, 0.3) is 0 Å². The first-order valence-electron chi connectivity index (χ1n) is 6.20. The summed E-state index contributed by atoms with van der Waals surface area (Å²) < 4.78 is 5.10. The van der Waals surface area contributed by atoms with Crippen LogP contribution < -0.4 is 0 Å². The van der Waals surface area contributed by atoms with Gasteiger partial charge in [0.2, 0.25) is 0 Å². The quantitative estimate of drug-likeness (QED) is 0.911. The van der Waals surface area contributed by atoms with Gasteiger partial charge in [-0.15, -0.1) is 0 Å². The largest absolute Gasteiger partial charge is 0.478 e. The SMILES string of the molecule is O=C(O)c1cccc2c1CCN(Cc1ccno1)C2. The van der Waals surface area contributed by atoms with Crippen LogP contribution in [0.1, 0.15) is 27.2 Å². The number of nitrogens with zero attached hydrogens (tertiary/aromatic N) is 2. The van der Waals surface area contributed by atoms with Crippen LogP contribution in [-0.2, 0) is 19.5 Å². The second-order valence-corrected chi connectivity index (χ2v) is 4.69. The zero-order valence-electron chi connectivity index (χ0n) is 10.4. The maximum absolute atomic E-state index is 11.2. The van der Waals surface area contributed by atoms with E-state index in [1.807, 2.05) is 12.1 Å². The lowest BCUT2D eigenvalue weighted by Gasteiger charge is -2.28. The molecule has 5 nitrogen and oxygen atoms in total. The molecule has 0 unspecified atom stereocenters. The lowest BCUT2D eigenvalue weighted by Crippen LogP contribution is -2.31. The lowest BCUT2D eigenvalue weighted by molar-refractivity contribution is 0.0694. The Bertz CT molecular complexity index is 593. The molecule has 0 atom stereocenters. The van der Waals surface area contributed by atoms with E-state index in [0.29, 0.717) is 12.1 Å². The minimum atomic E-state index is -0.847. The smallest absolute Gasteiger partial charge is 0.335 e. The van der Waals surface area contributed by atoms with E-state index in [0.717, 1.165) is 36.4 Å². The summed E-state index contributed by atoms with van der Waals surface area (Å²) in [5.74, 6) is -0.0154. The topological polar surface area (TPSA) is 66.6 Å². The van der Waals surface area contributed by atoms with Gasteiger partial charge in [-0.1, -0.05) is 17.3 Å². The molecule has 0 aliphatic carbocycles. The molecule has 1 aromatic carbocycles. The van der Waals surface area contributed by atoms with Gasteiger partial charge >= 0.3 is 5.97 Å². The van der Waals surface area contributed by atoms with Crippen LogP contribution in [0.3, 0.4) is 0 Å². The number of aromatic nitrogens is 1. The van der Waals surface area contributed by atoms with E-state index >= 15 is 0 Å². The van der Waals surface area contributed by atoms with Crippen molar-refractivity contribution in [2.45, 2.75) is 19.5 Å². The molecule has 98 valence electrons. The fourth-order valence-electron chi connectivity index (χ4n) is 2.55. The van der Waals surface area contributed by atoms with Crippen molar-refractivity contribution in [2.24, 2.45) is 0 Å². The molecular formula is C14H14N2O3. The van der Waals surface area contributed by atoms with Gasteiger partial charge in [-0.05, 0) is 23.6 Å². The molecule has 0 saturated carbocycles. The highest BCUT2D eigenvalue weighted by Crippen LogP contribution is 2.23. The van der Waals surface area contributed by atoms with Gasteiger partial charge in [0.1, 0.15) is 0 Å². The average molecular weight is 258 g/mol. The zero-order chi connectivity index (χ0) is 13.2. The van der Waals surface area contributed by atoms with Crippen LogP contribution in [0.25, 0.3) is 0 Å². The van der Waals surface area contributed by atoms with Crippen molar-refractivity contribution in [3.63, 3.8) is 0 Å². The predicted molar refractivity (Wildman–Crippen MR) is 67.7 cm³/mol. The maximum atomic E-state index is 11.2. The number of carboxylic acid groups (broad SMARTS) is 1. The van der Waals surface area contributed by atoms with Crippen LogP contribution in [0.2, 0.25) is 0 Å². The average Bonchev–Trinajstić information content (AvgIpc) is 2.90. The van der Waals surface area contributed by atoms with Gasteiger partial charge in [-0.2, -0.15) is 0 Å². The van der Waals surface area contributed by atoms with E-state index in [4.69, 9.17) is 4.52 Å². The number of rotatable bonds is 3. The molecule has 0 amide bonds. The summed E-state index contributed by atoms with van der Waals surface area (Å²) in [4.78, 5) is 13.4. The van der Waals surface area contributed by atoms with E-state index in [-0.39, 0.29) is 0 Å². The second-order valence-electron chi connectivity index (χ2n) is 4.69. The summed E-state index contributed by atoms with van der Waals surface area (Å²) in [7, 11) is 0. The molecule has 5 heteroatoms. The Balaban J connectivity index is 1.81. The van der Waals surface area contributed by atoms with Crippen LogP contribution in [0, 0.1) is 0 Å². The van der Waals surface area contributed by atoms with Crippen molar-refractivity contribution in [1.29, 1.82) is 0 Å². The summed E-state index contributed by atoms with van der Waals surface area (Å²) in [5.41, 5.74) is 2.48. The molecule has 1 N–H and O–H groups in total. The summed E-state index contributed by atoms with van der Waals surface area (Å²) in [5, 5.41) is 12.9. The predicted octanol–water partition coefficient (Wildman–Crippen LogP) is 1.93. The normalized spacial score (nSPS) is 15.2. The molecule has 0 saturated heterocycles. The number of hydrogen-bond donors (Lipinski definition) is 1. The van der Waals surface area contributed by atoms with E-state index < -0.39 is 5.97 Å². The highest BCUT2D eigenvalue weighted by molar-refractivity contribution is 5.89. The molecule has 2 heterocycles. The standard InChI is InChI=1S/C14H14N2O3/c17-14(18)13-3-1-2-10-8-16(7-5-12(10)13)9-11-4-6-15-19-11/h1-4,6H,5,7-9H2,(H,17,18). The Morgan fingerprint density at radius 2 is 2.32 bits per heavy atom. The zero-order valence-corrected chi connectivity index (χ0v) is 10.4.